The van der Waals surface area contributed by atoms with Crippen LogP contribution in [-0.4, -0.2) is 33.4 Å². The maximum Gasteiger partial charge on any atom is 0.328 e. The molecule has 1 rings (SSSR count). The molecule has 6 nitrogen and oxygen atoms in total. The van der Waals surface area contributed by atoms with Crippen LogP contribution in [0.3, 0.4) is 0 Å². The van der Waals surface area contributed by atoms with Gasteiger partial charge in [-0.1, -0.05) is 0 Å². The molecule has 1 N–H and O–H groups in total. The molecule has 1 amide bonds. The van der Waals surface area contributed by atoms with Crippen LogP contribution in [0.25, 0.3) is 0 Å². The third-order valence-electron chi connectivity index (χ3n) is 2.32. The molecule has 0 aromatic carbocycles. The van der Waals surface area contributed by atoms with E-state index < -0.39 is 11.2 Å². The molecule has 88 valence electrons. The number of H-pyrrole nitrogens is 1. The number of aromatic nitrogens is 2. The number of aromatic amines is 1. The SMILES string of the molecule is CCN(CC)C(=O)Cn1ccc(=O)[nH]c1=O. The average Bonchev–Trinajstić information content (AvgIpc) is 2.24. The Morgan fingerprint density at radius 1 is 1.38 bits per heavy atom. The highest BCUT2D eigenvalue weighted by Gasteiger charge is 2.10. The molecule has 0 bridgehead atoms. The van der Waals surface area contributed by atoms with Crippen molar-refractivity contribution in [1.82, 2.24) is 14.5 Å². The zero-order valence-corrected chi connectivity index (χ0v) is 9.40. The summed E-state index contributed by atoms with van der Waals surface area (Å²) < 4.78 is 1.18. The van der Waals surface area contributed by atoms with Gasteiger partial charge in [-0.15, -0.1) is 0 Å². The smallest absolute Gasteiger partial charge is 0.328 e. The van der Waals surface area contributed by atoms with Gasteiger partial charge in [-0.25, -0.2) is 4.79 Å². The van der Waals surface area contributed by atoms with Crippen molar-refractivity contribution in [2.75, 3.05) is 13.1 Å². The van der Waals surface area contributed by atoms with Crippen LogP contribution in [0.2, 0.25) is 0 Å². The highest BCUT2D eigenvalue weighted by molar-refractivity contribution is 5.75. The molecule has 6 heteroatoms. The Morgan fingerprint density at radius 2 is 2.00 bits per heavy atom. The maximum absolute atomic E-state index is 11.7. The highest BCUT2D eigenvalue weighted by Crippen LogP contribution is 1.91. The number of hydrogen-bond donors (Lipinski definition) is 1. The molecule has 0 fully saturated rings. The Balaban J connectivity index is 2.85. The number of amides is 1. The molecular weight excluding hydrogens is 210 g/mol. The van der Waals surface area contributed by atoms with E-state index in [0.29, 0.717) is 13.1 Å². The molecule has 1 aromatic rings. The van der Waals surface area contributed by atoms with E-state index in [2.05, 4.69) is 4.98 Å². The van der Waals surface area contributed by atoms with Crippen molar-refractivity contribution in [1.29, 1.82) is 0 Å². The molecule has 16 heavy (non-hydrogen) atoms. The first kappa shape index (κ1) is 12.2. The lowest BCUT2D eigenvalue weighted by Crippen LogP contribution is -2.38. The standard InChI is InChI=1S/C10H15N3O3/c1-3-12(4-2)9(15)7-13-6-5-8(14)11-10(13)16/h5-6H,3-4,7H2,1-2H3,(H,11,14,16). The van der Waals surface area contributed by atoms with Crippen LogP contribution < -0.4 is 11.2 Å². The Bertz CT molecular complexity index is 471. The van der Waals surface area contributed by atoms with Gasteiger partial charge in [-0.2, -0.15) is 0 Å². The fraction of sp³-hybridized carbons (Fsp3) is 0.500. The van der Waals surface area contributed by atoms with Crippen LogP contribution in [0.1, 0.15) is 13.8 Å². The molecule has 0 saturated heterocycles. The van der Waals surface area contributed by atoms with Gasteiger partial charge in [0.1, 0.15) is 6.54 Å². The van der Waals surface area contributed by atoms with E-state index in [4.69, 9.17) is 0 Å². The minimum Gasteiger partial charge on any atom is -0.342 e. The highest BCUT2D eigenvalue weighted by atomic mass is 16.2. The molecule has 0 aliphatic rings. The predicted octanol–water partition coefficient (Wildman–Crippen LogP) is -0.595. The number of rotatable bonds is 4. The molecule has 0 saturated carbocycles. The van der Waals surface area contributed by atoms with E-state index in [-0.39, 0.29) is 12.5 Å². The summed E-state index contributed by atoms with van der Waals surface area (Å²) in [5.74, 6) is -0.140. The summed E-state index contributed by atoms with van der Waals surface area (Å²) in [6, 6.07) is 1.22. The number of likely N-dealkylation sites (N-methyl/N-ethyl adjacent to an activating group) is 1. The lowest BCUT2D eigenvalue weighted by Gasteiger charge is -2.18. The van der Waals surface area contributed by atoms with Crippen LogP contribution in [0.15, 0.2) is 21.9 Å². The third kappa shape index (κ3) is 2.82. The second-order valence-electron chi connectivity index (χ2n) is 3.30. The van der Waals surface area contributed by atoms with E-state index >= 15 is 0 Å². The summed E-state index contributed by atoms with van der Waals surface area (Å²) in [5, 5.41) is 0. The number of carbonyl (C=O) groups is 1. The van der Waals surface area contributed by atoms with Gasteiger partial charge in [0.2, 0.25) is 5.91 Å². The number of hydrogen-bond acceptors (Lipinski definition) is 3. The fourth-order valence-electron chi connectivity index (χ4n) is 1.39. The molecular formula is C10H15N3O3. The number of nitrogens with zero attached hydrogens (tertiary/aromatic N) is 2. The van der Waals surface area contributed by atoms with Gasteiger partial charge in [-0.05, 0) is 13.8 Å². The van der Waals surface area contributed by atoms with Gasteiger partial charge < -0.3 is 4.90 Å². The lowest BCUT2D eigenvalue weighted by molar-refractivity contribution is -0.131. The summed E-state index contributed by atoms with van der Waals surface area (Å²) in [6.45, 7) is 4.91. The summed E-state index contributed by atoms with van der Waals surface area (Å²) in [5.41, 5.74) is -1.02. The number of nitrogens with one attached hydrogen (secondary N) is 1. The van der Waals surface area contributed by atoms with Crippen molar-refractivity contribution in [3.63, 3.8) is 0 Å². The minimum atomic E-state index is -0.562. The first-order valence-electron chi connectivity index (χ1n) is 5.16. The van der Waals surface area contributed by atoms with E-state index in [1.54, 1.807) is 4.90 Å². The van der Waals surface area contributed by atoms with Gasteiger partial charge in [0.05, 0.1) is 0 Å². The van der Waals surface area contributed by atoms with Crippen molar-refractivity contribution in [2.45, 2.75) is 20.4 Å². The summed E-state index contributed by atoms with van der Waals surface area (Å²) in [4.78, 5) is 37.5. The molecule has 0 unspecified atom stereocenters. The maximum atomic E-state index is 11.7. The minimum absolute atomic E-state index is 0.0444. The fourth-order valence-corrected chi connectivity index (χ4v) is 1.39. The molecule has 0 aliphatic carbocycles. The molecule has 0 spiro atoms. The van der Waals surface area contributed by atoms with Crippen molar-refractivity contribution in [2.24, 2.45) is 0 Å². The predicted molar refractivity (Wildman–Crippen MR) is 59.3 cm³/mol. The monoisotopic (exact) mass is 225 g/mol. The molecule has 1 aromatic heterocycles. The van der Waals surface area contributed by atoms with Crippen LogP contribution in [0, 0.1) is 0 Å². The van der Waals surface area contributed by atoms with E-state index in [0.717, 1.165) is 0 Å². The Labute approximate surface area is 92.5 Å². The van der Waals surface area contributed by atoms with Crippen molar-refractivity contribution in [3.05, 3.63) is 33.1 Å². The first-order chi connectivity index (χ1) is 7.58. The normalized spacial score (nSPS) is 10.1. The van der Waals surface area contributed by atoms with Gasteiger partial charge in [0, 0.05) is 25.4 Å². The first-order valence-corrected chi connectivity index (χ1v) is 5.16. The van der Waals surface area contributed by atoms with E-state index in [1.165, 1.54) is 16.8 Å². The molecule has 0 atom stereocenters. The van der Waals surface area contributed by atoms with Gasteiger partial charge in [-0.3, -0.25) is 19.1 Å². The van der Waals surface area contributed by atoms with Crippen molar-refractivity contribution in [3.8, 4) is 0 Å². The second-order valence-corrected chi connectivity index (χ2v) is 3.30. The van der Waals surface area contributed by atoms with Crippen LogP contribution in [-0.2, 0) is 11.3 Å². The topological polar surface area (TPSA) is 75.2 Å². The summed E-state index contributed by atoms with van der Waals surface area (Å²) in [7, 11) is 0. The molecule has 1 heterocycles. The van der Waals surface area contributed by atoms with Gasteiger partial charge in [0.15, 0.2) is 0 Å². The van der Waals surface area contributed by atoms with E-state index in [1.807, 2.05) is 13.8 Å². The van der Waals surface area contributed by atoms with Crippen LogP contribution in [0.4, 0.5) is 0 Å². The summed E-state index contributed by atoms with van der Waals surface area (Å²) in [6.07, 6.45) is 1.32. The largest absolute Gasteiger partial charge is 0.342 e. The zero-order valence-electron chi connectivity index (χ0n) is 9.40. The molecule has 0 aliphatic heterocycles. The van der Waals surface area contributed by atoms with Crippen molar-refractivity contribution < 1.29 is 4.79 Å². The Kier molecular flexibility index (Phi) is 4.04. The van der Waals surface area contributed by atoms with E-state index in [9.17, 15) is 14.4 Å². The summed E-state index contributed by atoms with van der Waals surface area (Å²) >= 11 is 0. The van der Waals surface area contributed by atoms with Gasteiger partial charge in [0.25, 0.3) is 5.56 Å². The number of carbonyl (C=O) groups excluding carboxylic acids is 1. The molecule has 0 radical (unpaired) electrons. The van der Waals surface area contributed by atoms with Crippen molar-refractivity contribution >= 4 is 5.91 Å². The van der Waals surface area contributed by atoms with Gasteiger partial charge >= 0.3 is 5.69 Å². The average molecular weight is 225 g/mol. The van der Waals surface area contributed by atoms with Crippen LogP contribution in [0.5, 0.6) is 0 Å². The quantitative estimate of drug-likeness (QED) is 0.743. The van der Waals surface area contributed by atoms with Crippen LogP contribution >= 0.6 is 0 Å². The third-order valence-corrected chi connectivity index (χ3v) is 2.32. The zero-order chi connectivity index (χ0) is 12.1. The second kappa shape index (κ2) is 5.29. The lowest BCUT2D eigenvalue weighted by atomic mass is 10.4. The Hall–Kier alpha value is -1.85. The Morgan fingerprint density at radius 3 is 2.50 bits per heavy atom.